The molecular weight excluding hydrogens is 90.1 g/mol. The Bertz CT molecular complexity index is 88.3. The Morgan fingerprint density at radius 1 is 1.86 bits per heavy atom. The van der Waals surface area contributed by atoms with Gasteiger partial charge in [0, 0.05) is 5.92 Å². The molecule has 2 atom stereocenters. The van der Waals surface area contributed by atoms with Crippen LogP contribution in [0, 0.1) is 5.92 Å². The maximum Gasteiger partial charge on any atom is 0.125 e. The lowest BCUT2D eigenvalue weighted by Crippen LogP contribution is -1.81. The maximum atomic E-state index is 9.85. The molecule has 0 saturated heterocycles. The summed E-state index contributed by atoms with van der Waals surface area (Å²) in [5.74, 6) is 0.206. The summed E-state index contributed by atoms with van der Waals surface area (Å²) in [6, 6.07) is 0.262. The number of aliphatic imine (C=N–C) groups is 1. The first kappa shape index (κ1) is 4.50. The molecule has 0 bridgehead atoms. The second-order valence-electron chi connectivity index (χ2n) is 1.79. The largest absolute Gasteiger partial charge is 0.303 e. The van der Waals surface area contributed by atoms with E-state index in [0.29, 0.717) is 0 Å². The fourth-order valence-corrected chi connectivity index (χ4v) is 0.556. The molecule has 0 radical (unpaired) electrons. The molecule has 2 nitrogen and oxygen atoms in total. The number of carbonyl (C=O) groups is 1. The third-order valence-electron chi connectivity index (χ3n) is 1.21. The Balaban J connectivity index is 2.30. The zero-order valence-corrected chi connectivity index (χ0v) is 4.00. The average molecular weight is 97.1 g/mol. The van der Waals surface area contributed by atoms with Gasteiger partial charge in [-0.1, -0.05) is 0 Å². The van der Waals surface area contributed by atoms with Crippen molar-refractivity contribution in [3.05, 3.63) is 0 Å². The molecule has 0 aromatic carbocycles. The highest BCUT2D eigenvalue weighted by Gasteiger charge is 2.35. The minimum Gasteiger partial charge on any atom is -0.303 e. The van der Waals surface area contributed by atoms with Gasteiger partial charge in [0.25, 0.3) is 0 Å². The minimum atomic E-state index is 0.206. The summed E-state index contributed by atoms with van der Waals surface area (Å²) in [6.45, 7) is 3.31. The maximum absolute atomic E-state index is 9.85. The fraction of sp³-hybridized carbons (Fsp3) is 0.600. The van der Waals surface area contributed by atoms with E-state index in [1.165, 1.54) is 0 Å². The van der Waals surface area contributed by atoms with Crippen LogP contribution < -0.4 is 0 Å². The Kier molecular flexibility index (Phi) is 0.929. The van der Waals surface area contributed by atoms with Gasteiger partial charge in [0.1, 0.15) is 6.29 Å². The van der Waals surface area contributed by atoms with Gasteiger partial charge in [-0.2, -0.15) is 0 Å². The molecule has 1 saturated carbocycles. The van der Waals surface area contributed by atoms with Crippen LogP contribution in [-0.4, -0.2) is 19.0 Å². The third-order valence-corrected chi connectivity index (χ3v) is 1.21. The predicted octanol–water partition coefficient (Wildman–Crippen LogP) is 0.274. The number of hydrogen-bond acceptors (Lipinski definition) is 2. The lowest BCUT2D eigenvalue weighted by molar-refractivity contribution is -0.108. The van der Waals surface area contributed by atoms with Crippen molar-refractivity contribution in [1.82, 2.24) is 0 Å². The zero-order valence-electron chi connectivity index (χ0n) is 4.00. The van der Waals surface area contributed by atoms with Crippen LogP contribution in [0.1, 0.15) is 6.42 Å². The highest BCUT2D eigenvalue weighted by atomic mass is 16.1. The van der Waals surface area contributed by atoms with E-state index in [4.69, 9.17) is 0 Å². The zero-order chi connectivity index (χ0) is 5.28. The lowest BCUT2D eigenvalue weighted by atomic mass is 10.5. The van der Waals surface area contributed by atoms with E-state index in [-0.39, 0.29) is 12.0 Å². The number of rotatable bonds is 2. The average Bonchev–Trinajstić information content (AvgIpc) is 2.43. The Morgan fingerprint density at radius 3 is 2.71 bits per heavy atom. The normalized spacial score (nSPS) is 37.1. The van der Waals surface area contributed by atoms with Crippen LogP contribution in [0.5, 0.6) is 0 Å². The molecule has 1 aliphatic rings. The standard InChI is InChI=1S/C5H7NO/c1-6-5-2-4(5)3-7/h3-5H,1-2H2/t4-,5+/m1/s1. The van der Waals surface area contributed by atoms with Gasteiger partial charge in [0.2, 0.25) is 0 Å². The summed E-state index contributed by atoms with van der Waals surface area (Å²) < 4.78 is 0. The molecule has 2 heteroatoms. The molecule has 1 fully saturated rings. The summed E-state index contributed by atoms with van der Waals surface area (Å²) in [7, 11) is 0. The third kappa shape index (κ3) is 0.683. The molecule has 1 aliphatic carbocycles. The Labute approximate surface area is 42.3 Å². The summed E-state index contributed by atoms with van der Waals surface area (Å²) in [4.78, 5) is 13.5. The topological polar surface area (TPSA) is 29.4 Å². The number of aldehydes is 1. The van der Waals surface area contributed by atoms with Crippen molar-refractivity contribution in [2.24, 2.45) is 10.9 Å². The van der Waals surface area contributed by atoms with Gasteiger partial charge in [0.05, 0.1) is 6.04 Å². The van der Waals surface area contributed by atoms with Crippen LogP contribution in [0.25, 0.3) is 0 Å². The smallest absolute Gasteiger partial charge is 0.125 e. The van der Waals surface area contributed by atoms with Gasteiger partial charge in [-0.15, -0.1) is 0 Å². The van der Waals surface area contributed by atoms with E-state index in [1.807, 2.05) is 0 Å². The number of hydrogen-bond donors (Lipinski definition) is 0. The second kappa shape index (κ2) is 1.45. The molecule has 0 heterocycles. The summed E-state index contributed by atoms with van der Waals surface area (Å²) in [5, 5.41) is 0. The molecule has 0 aliphatic heterocycles. The van der Waals surface area contributed by atoms with Crippen molar-refractivity contribution in [2.45, 2.75) is 12.5 Å². The van der Waals surface area contributed by atoms with E-state index in [2.05, 4.69) is 11.7 Å². The van der Waals surface area contributed by atoms with Crippen molar-refractivity contribution >= 4 is 13.0 Å². The Morgan fingerprint density at radius 2 is 2.57 bits per heavy atom. The van der Waals surface area contributed by atoms with Crippen molar-refractivity contribution in [2.75, 3.05) is 0 Å². The highest BCUT2D eigenvalue weighted by Crippen LogP contribution is 2.30. The molecule has 0 amide bonds. The number of carbonyl (C=O) groups excluding carboxylic acids is 1. The predicted molar refractivity (Wildman–Crippen MR) is 27.5 cm³/mol. The number of nitrogens with zero attached hydrogens (tertiary/aromatic N) is 1. The minimum absolute atomic E-state index is 0.206. The monoisotopic (exact) mass is 97.1 g/mol. The molecule has 38 valence electrons. The van der Waals surface area contributed by atoms with E-state index < -0.39 is 0 Å². The van der Waals surface area contributed by atoms with Crippen LogP contribution >= 0.6 is 0 Å². The van der Waals surface area contributed by atoms with E-state index >= 15 is 0 Å². The van der Waals surface area contributed by atoms with Crippen LogP contribution in [0.2, 0.25) is 0 Å². The molecule has 0 spiro atoms. The molecule has 0 unspecified atom stereocenters. The molecule has 7 heavy (non-hydrogen) atoms. The van der Waals surface area contributed by atoms with Crippen molar-refractivity contribution in [3.63, 3.8) is 0 Å². The SMILES string of the molecule is C=N[C@H]1C[C@@H]1C=O. The quantitative estimate of drug-likeness (QED) is 0.359. The van der Waals surface area contributed by atoms with Crippen molar-refractivity contribution in [1.29, 1.82) is 0 Å². The van der Waals surface area contributed by atoms with Gasteiger partial charge >= 0.3 is 0 Å². The summed E-state index contributed by atoms with van der Waals surface area (Å²) >= 11 is 0. The van der Waals surface area contributed by atoms with Gasteiger partial charge in [-0.3, -0.25) is 4.99 Å². The van der Waals surface area contributed by atoms with Gasteiger partial charge in [0.15, 0.2) is 0 Å². The first-order valence-electron chi connectivity index (χ1n) is 2.29. The lowest BCUT2D eigenvalue weighted by Gasteiger charge is -1.73. The van der Waals surface area contributed by atoms with Gasteiger partial charge in [-0.25, -0.2) is 0 Å². The van der Waals surface area contributed by atoms with Crippen LogP contribution in [-0.2, 0) is 4.79 Å². The molecule has 1 rings (SSSR count). The molecule has 0 N–H and O–H groups in total. The molecule has 0 aromatic heterocycles. The van der Waals surface area contributed by atoms with Crippen molar-refractivity contribution < 1.29 is 4.79 Å². The molecule has 0 aromatic rings. The van der Waals surface area contributed by atoms with Crippen LogP contribution in [0.4, 0.5) is 0 Å². The summed E-state index contributed by atoms with van der Waals surface area (Å²) in [5.41, 5.74) is 0. The summed E-state index contributed by atoms with van der Waals surface area (Å²) in [6.07, 6.45) is 1.87. The first-order chi connectivity index (χ1) is 3.38. The first-order valence-corrected chi connectivity index (χ1v) is 2.29. The van der Waals surface area contributed by atoms with E-state index in [0.717, 1.165) is 12.7 Å². The Hall–Kier alpha value is -0.660. The molecular formula is C5H7NO. The fourth-order valence-electron chi connectivity index (χ4n) is 0.556. The van der Waals surface area contributed by atoms with E-state index in [9.17, 15) is 4.79 Å². The van der Waals surface area contributed by atoms with Gasteiger partial charge < -0.3 is 4.79 Å². The van der Waals surface area contributed by atoms with Crippen LogP contribution in [0.3, 0.4) is 0 Å². The van der Waals surface area contributed by atoms with Gasteiger partial charge in [-0.05, 0) is 13.1 Å². The van der Waals surface area contributed by atoms with E-state index in [1.54, 1.807) is 0 Å². The second-order valence-corrected chi connectivity index (χ2v) is 1.79. The van der Waals surface area contributed by atoms with Crippen LogP contribution in [0.15, 0.2) is 4.99 Å². The van der Waals surface area contributed by atoms with Crippen molar-refractivity contribution in [3.8, 4) is 0 Å². The highest BCUT2D eigenvalue weighted by molar-refractivity contribution is 5.60.